The highest BCUT2D eigenvalue weighted by Crippen LogP contribution is 2.24. The summed E-state index contributed by atoms with van der Waals surface area (Å²) in [5.41, 5.74) is 0.912. The van der Waals surface area contributed by atoms with Gasteiger partial charge in [-0.15, -0.1) is 0 Å². The second-order valence-corrected chi connectivity index (χ2v) is 3.64. The minimum Gasteiger partial charge on any atom is -0.495 e. The molecular formula is C12H16N2O3. The molecule has 0 aliphatic rings. The number of nitrogens with one attached hydrogen (secondary N) is 1. The third kappa shape index (κ3) is 3.17. The van der Waals surface area contributed by atoms with Crippen LogP contribution in [0.25, 0.3) is 0 Å². The summed E-state index contributed by atoms with van der Waals surface area (Å²) in [5.74, 6) is 0.390. The van der Waals surface area contributed by atoms with Gasteiger partial charge in [-0.3, -0.25) is 0 Å². The van der Waals surface area contributed by atoms with Gasteiger partial charge in [-0.1, -0.05) is 6.07 Å². The predicted octanol–water partition coefficient (Wildman–Crippen LogP) is 0.181. The lowest BCUT2D eigenvalue weighted by atomic mass is 10.0. The zero-order chi connectivity index (χ0) is 12.8. The van der Waals surface area contributed by atoms with Crippen LogP contribution in [-0.2, 0) is 0 Å². The largest absolute Gasteiger partial charge is 0.495 e. The smallest absolute Gasteiger partial charge is 0.136 e. The van der Waals surface area contributed by atoms with E-state index in [4.69, 9.17) is 10.00 Å². The van der Waals surface area contributed by atoms with E-state index in [0.29, 0.717) is 16.9 Å². The quantitative estimate of drug-likeness (QED) is 0.679. The number of nitrogens with zero attached hydrogens (tertiary/aromatic N) is 1. The molecule has 0 aliphatic carbocycles. The summed E-state index contributed by atoms with van der Waals surface area (Å²) >= 11 is 0. The standard InChI is InChI=1S/C12H16N2O3/c1-14-7-10(15)12(16)8-3-4-9(6-13)11(5-8)17-2/h3-5,10,12,14-16H,7H2,1-2H3. The van der Waals surface area contributed by atoms with E-state index in [2.05, 4.69) is 5.32 Å². The minimum absolute atomic E-state index is 0.281. The molecule has 0 aromatic heterocycles. The van der Waals surface area contributed by atoms with Crippen molar-refractivity contribution in [2.75, 3.05) is 20.7 Å². The van der Waals surface area contributed by atoms with Crippen molar-refractivity contribution < 1.29 is 14.9 Å². The molecule has 0 fully saturated rings. The maximum Gasteiger partial charge on any atom is 0.136 e. The topological polar surface area (TPSA) is 85.5 Å². The SMILES string of the molecule is CNCC(O)C(O)c1ccc(C#N)c(OC)c1. The minimum atomic E-state index is -1.01. The monoisotopic (exact) mass is 236 g/mol. The molecule has 0 saturated heterocycles. The van der Waals surface area contributed by atoms with Crippen LogP contribution >= 0.6 is 0 Å². The number of benzene rings is 1. The molecule has 0 saturated carbocycles. The van der Waals surface area contributed by atoms with Gasteiger partial charge in [-0.2, -0.15) is 5.26 Å². The molecule has 0 spiro atoms. The molecule has 0 aliphatic heterocycles. The van der Waals surface area contributed by atoms with Crippen molar-refractivity contribution in [3.8, 4) is 11.8 Å². The second-order valence-electron chi connectivity index (χ2n) is 3.64. The van der Waals surface area contributed by atoms with Gasteiger partial charge < -0.3 is 20.3 Å². The molecule has 5 heteroatoms. The Bertz CT molecular complexity index is 415. The van der Waals surface area contributed by atoms with Crippen LogP contribution in [0.3, 0.4) is 0 Å². The van der Waals surface area contributed by atoms with Gasteiger partial charge in [0, 0.05) is 6.54 Å². The van der Waals surface area contributed by atoms with Gasteiger partial charge in [0.1, 0.15) is 17.9 Å². The highest BCUT2D eigenvalue weighted by Gasteiger charge is 2.18. The van der Waals surface area contributed by atoms with Crippen molar-refractivity contribution >= 4 is 0 Å². The van der Waals surface area contributed by atoms with Crippen LogP contribution in [0.4, 0.5) is 0 Å². The van der Waals surface area contributed by atoms with Crippen LogP contribution in [0.1, 0.15) is 17.2 Å². The van der Waals surface area contributed by atoms with Crippen LogP contribution < -0.4 is 10.1 Å². The fourth-order valence-electron chi connectivity index (χ4n) is 1.53. The van der Waals surface area contributed by atoms with Crippen molar-refractivity contribution in [3.05, 3.63) is 29.3 Å². The summed E-state index contributed by atoms with van der Waals surface area (Å²) in [5, 5.41) is 31.1. The Morgan fingerprint density at radius 3 is 2.71 bits per heavy atom. The number of ether oxygens (including phenoxy) is 1. The second kappa shape index (κ2) is 6.21. The summed E-state index contributed by atoms with van der Waals surface area (Å²) in [6, 6.07) is 6.70. The van der Waals surface area contributed by atoms with Gasteiger partial charge in [0.05, 0.1) is 18.8 Å². The Hall–Kier alpha value is -1.61. The van der Waals surface area contributed by atoms with Crippen molar-refractivity contribution in [2.24, 2.45) is 0 Å². The van der Waals surface area contributed by atoms with Gasteiger partial charge >= 0.3 is 0 Å². The molecule has 1 rings (SSSR count). The molecule has 3 N–H and O–H groups in total. The average Bonchev–Trinajstić information content (AvgIpc) is 2.37. The van der Waals surface area contributed by atoms with E-state index < -0.39 is 12.2 Å². The fraction of sp³-hybridized carbons (Fsp3) is 0.417. The molecule has 5 nitrogen and oxygen atoms in total. The highest BCUT2D eigenvalue weighted by molar-refractivity contribution is 5.45. The Morgan fingerprint density at radius 1 is 1.47 bits per heavy atom. The summed E-state index contributed by atoms with van der Waals surface area (Å²) in [7, 11) is 3.14. The normalized spacial score (nSPS) is 13.8. The van der Waals surface area contributed by atoms with Crippen molar-refractivity contribution in [1.29, 1.82) is 5.26 Å². The first-order chi connectivity index (χ1) is 8.13. The third-order valence-electron chi connectivity index (χ3n) is 2.47. The molecule has 0 radical (unpaired) electrons. The van der Waals surface area contributed by atoms with Gasteiger partial charge in [0.15, 0.2) is 0 Å². The van der Waals surface area contributed by atoms with Crippen molar-refractivity contribution in [2.45, 2.75) is 12.2 Å². The number of hydrogen-bond donors (Lipinski definition) is 3. The fourth-order valence-corrected chi connectivity index (χ4v) is 1.53. The lowest BCUT2D eigenvalue weighted by Crippen LogP contribution is -2.29. The zero-order valence-electron chi connectivity index (χ0n) is 9.84. The van der Waals surface area contributed by atoms with E-state index in [0.717, 1.165) is 0 Å². The summed E-state index contributed by atoms with van der Waals surface area (Å²) in [6.07, 6.45) is -1.92. The van der Waals surface area contributed by atoms with Crippen LogP contribution in [0.2, 0.25) is 0 Å². The van der Waals surface area contributed by atoms with Crippen molar-refractivity contribution in [1.82, 2.24) is 5.32 Å². The molecule has 0 amide bonds. The first kappa shape index (κ1) is 13.5. The summed E-state index contributed by atoms with van der Waals surface area (Å²) in [6.45, 7) is 0.281. The molecule has 0 heterocycles. The number of rotatable bonds is 5. The molecule has 92 valence electrons. The zero-order valence-corrected chi connectivity index (χ0v) is 9.84. The Balaban J connectivity index is 2.96. The van der Waals surface area contributed by atoms with Crippen LogP contribution in [0.5, 0.6) is 5.75 Å². The molecule has 0 bridgehead atoms. The number of hydrogen-bond acceptors (Lipinski definition) is 5. The van der Waals surface area contributed by atoms with E-state index in [1.54, 1.807) is 25.2 Å². The molecule has 17 heavy (non-hydrogen) atoms. The first-order valence-electron chi connectivity index (χ1n) is 5.22. The molecule has 1 aromatic carbocycles. The third-order valence-corrected chi connectivity index (χ3v) is 2.47. The molecule has 2 unspecified atom stereocenters. The number of aliphatic hydroxyl groups excluding tert-OH is 2. The maximum atomic E-state index is 9.88. The van der Waals surface area contributed by atoms with Crippen LogP contribution in [0.15, 0.2) is 18.2 Å². The van der Waals surface area contributed by atoms with Crippen LogP contribution in [0, 0.1) is 11.3 Å². The number of nitriles is 1. The Kier molecular flexibility index (Phi) is 4.91. The summed E-state index contributed by atoms with van der Waals surface area (Å²) in [4.78, 5) is 0. The number of aliphatic hydroxyl groups is 2. The van der Waals surface area contributed by atoms with E-state index >= 15 is 0 Å². The molecular weight excluding hydrogens is 220 g/mol. The highest BCUT2D eigenvalue weighted by atomic mass is 16.5. The van der Waals surface area contributed by atoms with Gasteiger partial charge in [-0.05, 0) is 24.7 Å². The molecule has 1 aromatic rings. The lowest BCUT2D eigenvalue weighted by Gasteiger charge is -2.18. The molecule has 2 atom stereocenters. The van der Waals surface area contributed by atoms with E-state index in [1.807, 2.05) is 6.07 Å². The Morgan fingerprint density at radius 2 is 2.18 bits per heavy atom. The summed E-state index contributed by atoms with van der Waals surface area (Å²) < 4.78 is 5.04. The van der Waals surface area contributed by atoms with Gasteiger partial charge in [0.2, 0.25) is 0 Å². The number of likely N-dealkylation sites (N-methyl/N-ethyl adjacent to an activating group) is 1. The van der Waals surface area contributed by atoms with E-state index in [-0.39, 0.29) is 6.54 Å². The lowest BCUT2D eigenvalue weighted by molar-refractivity contribution is 0.0201. The van der Waals surface area contributed by atoms with Gasteiger partial charge in [0.25, 0.3) is 0 Å². The van der Waals surface area contributed by atoms with E-state index in [9.17, 15) is 10.2 Å². The Labute approximate surface area is 100 Å². The average molecular weight is 236 g/mol. The first-order valence-corrected chi connectivity index (χ1v) is 5.22. The maximum absolute atomic E-state index is 9.88. The number of methoxy groups -OCH3 is 1. The van der Waals surface area contributed by atoms with Gasteiger partial charge in [-0.25, -0.2) is 0 Å². The van der Waals surface area contributed by atoms with Crippen molar-refractivity contribution in [3.63, 3.8) is 0 Å². The van der Waals surface area contributed by atoms with E-state index in [1.165, 1.54) is 7.11 Å². The predicted molar refractivity (Wildman–Crippen MR) is 62.6 cm³/mol. The van der Waals surface area contributed by atoms with Crippen LogP contribution in [-0.4, -0.2) is 37.0 Å².